The van der Waals surface area contributed by atoms with Crippen molar-refractivity contribution in [3.05, 3.63) is 24.3 Å². The van der Waals surface area contributed by atoms with Gasteiger partial charge in [-0.15, -0.1) is 0 Å². The quantitative estimate of drug-likeness (QED) is 0.342. The van der Waals surface area contributed by atoms with Crippen LogP contribution in [0.4, 0.5) is 0 Å². The molecule has 5 fully saturated rings. The molecule has 6 rings (SSSR count). The molecular formula is C28H42O4. The summed E-state index contributed by atoms with van der Waals surface area (Å²) in [5.74, 6) is 2.45. The topological polar surface area (TPSA) is 51.2 Å². The molecule has 0 aromatic carbocycles. The SMILES string of the molecule is CC(C)[C@@H](C)/C=C/[C@@H](C)[C@H]1CC[C@]23O[C@]24C=C[C@@]25C[C@@H](O)CC[C@]2(C)[C@]4(CC[C@]13C)OO5. The predicted octanol–water partition coefficient (Wildman–Crippen LogP) is 5.75. The molecule has 3 saturated carbocycles. The summed E-state index contributed by atoms with van der Waals surface area (Å²) in [6.07, 6.45) is 15.9. The van der Waals surface area contributed by atoms with Crippen molar-refractivity contribution in [1.29, 1.82) is 0 Å². The minimum absolute atomic E-state index is 0.143. The van der Waals surface area contributed by atoms with E-state index < -0.39 is 11.2 Å². The van der Waals surface area contributed by atoms with E-state index in [4.69, 9.17) is 14.5 Å². The first kappa shape index (κ1) is 21.8. The van der Waals surface area contributed by atoms with Crippen LogP contribution in [-0.4, -0.2) is 33.6 Å². The van der Waals surface area contributed by atoms with E-state index in [1.807, 2.05) is 0 Å². The number of allylic oxidation sites excluding steroid dienone is 2. The molecule has 6 aliphatic rings. The van der Waals surface area contributed by atoms with Crippen molar-refractivity contribution >= 4 is 0 Å². The number of rotatable bonds is 4. The number of aliphatic hydroxyl groups is 1. The molecule has 0 aromatic rings. The van der Waals surface area contributed by atoms with Crippen molar-refractivity contribution in [2.45, 2.75) is 115 Å². The summed E-state index contributed by atoms with van der Waals surface area (Å²) in [5, 5.41) is 10.4. The molecule has 2 saturated heterocycles. The van der Waals surface area contributed by atoms with Gasteiger partial charge in [-0.3, -0.25) is 0 Å². The first-order valence-electron chi connectivity index (χ1n) is 13.2. The minimum Gasteiger partial charge on any atom is -0.393 e. The molecule has 0 aromatic heterocycles. The van der Waals surface area contributed by atoms with Crippen molar-refractivity contribution < 1.29 is 19.6 Å². The van der Waals surface area contributed by atoms with Crippen molar-refractivity contribution in [3.63, 3.8) is 0 Å². The van der Waals surface area contributed by atoms with Crippen LogP contribution in [0.15, 0.2) is 24.3 Å². The second-order valence-electron chi connectivity index (χ2n) is 13.0. The van der Waals surface area contributed by atoms with Crippen LogP contribution in [0.5, 0.6) is 0 Å². The van der Waals surface area contributed by atoms with Crippen LogP contribution >= 0.6 is 0 Å². The minimum atomic E-state index is -0.516. The number of epoxide rings is 1. The van der Waals surface area contributed by atoms with E-state index in [9.17, 15) is 5.11 Å². The normalized spacial score (nSPS) is 57.1. The molecule has 178 valence electrons. The Hall–Kier alpha value is -0.680. The zero-order valence-electron chi connectivity index (χ0n) is 20.8. The number of hydrogen-bond acceptors (Lipinski definition) is 4. The molecule has 1 N–H and O–H groups in total. The van der Waals surface area contributed by atoms with Gasteiger partial charge in [-0.25, -0.2) is 9.78 Å². The summed E-state index contributed by atoms with van der Waals surface area (Å²) in [6.45, 7) is 14.2. The smallest absolute Gasteiger partial charge is 0.149 e. The lowest BCUT2D eigenvalue weighted by Gasteiger charge is -2.58. The molecule has 0 unspecified atom stereocenters. The van der Waals surface area contributed by atoms with E-state index in [2.05, 4.69) is 65.8 Å². The van der Waals surface area contributed by atoms with Gasteiger partial charge < -0.3 is 9.84 Å². The second-order valence-corrected chi connectivity index (χ2v) is 13.0. The average Bonchev–Trinajstić information content (AvgIpc) is 3.29. The van der Waals surface area contributed by atoms with Crippen molar-refractivity contribution in [3.8, 4) is 0 Å². The van der Waals surface area contributed by atoms with E-state index in [1.54, 1.807) is 0 Å². The van der Waals surface area contributed by atoms with Crippen LogP contribution in [0.1, 0.15) is 86.5 Å². The van der Waals surface area contributed by atoms with Gasteiger partial charge in [-0.1, -0.05) is 53.7 Å². The fraction of sp³-hybridized carbons (Fsp3) is 0.857. The standard InChI is InChI=1S/C28H42O4/c1-18(2)19(3)7-8-20(4)22-10-12-26-23(22,5)13-15-27-24(6)11-9-21(29)17-25(24,31-32-27)14-16-28(26,27)30-26/h7-8,14,16,18-22,29H,9-13,15,17H2,1-6H3/b8-7+/t19-,20+,21-,22+,23+,24-,25+,26+,27-,28+/m0/s1. The van der Waals surface area contributed by atoms with Gasteiger partial charge in [0.15, 0.2) is 0 Å². The third-order valence-corrected chi connectivity index (χ3v) is 11.7. The fourth-order valence-corrected chi connectivity index (χ4v) is 9.13. The Morgan fingerprint density at radius 3 is 2.44 bits per heavy atom. The van der Waals surface area contributed by atoms with Gasteiger partial charge in [0.25, 0.3) is 0 Å². The molecule has 0 radical (unpaired) electrons. The van der Waals surface area contributed by atoms with Gasteiger partial charge in [-0.2, -0.15) is 0 Å². The van der Waals surface area contributed by atoms with Gasteiger partial charge >= 0.3 is 0 Å². The van der Waals surface area contributed by atoms with Crippen LogP contribution in [0.2, 0.25) is 0 Å². The van der Waals surface area contributed by atoms with Crippen LogP contribution < -0.4 is 0 Å². The molecule has 32 heavy (non-hydrogen) atoms. The number of aliphatic hydroxyl groups excluding tert-OH is 1. The lowest BCUT2D eigenvalue weighted by atomic mass is 9.43. The molecule has 2 heterocycles. The Balaban J connectivity index is 1.36. The third kappa shape index (κ3) is 2.12. The van der Waals surface area contributed by atoms with E-state index in [-0.39, 0.29) is 28.1 Å². The van der Waals surface area contributed by atoms with Gasteiger partial charge in [0.2, 0.25) is 0 Å². The van der Waals surface area contributed by atoms with Crippen molar-refractivity contribution in [1.82, 2.24) is 0 Å². The second kappa shape index (κ2) is 6.30. The lowest BCUT2D eigenvalue weighted by Crippen LogP contribution is -2.69. The summed E-state index contributed by atoms with van der Waals surface area (Å²) < 4.78 is 7.01. The Bertz CT molecular complexity index is 881. The molecule has 4 aliphatic carbocycles. The summed E-state index contributed by atoms with van der Waals surface area (Å²) in [4.78, 5) is 12.6. The molecule has 4 heteroatoms. The Morgan fingerprint density at radius 1 is 0.906 bits per heavy atom. The number of ether oxygens (including phenoxy) is 1. The Labute approximate surface area is 193 Å². The molecule has 2 bridgehead atoms. The monoisotopic (exact) mass is 442 g/mol. The molecular weight excluding hydrogens is 400 g/mol. The first-order valence-corrected chi connectivity index (χ1v) is 13.2. The molecule has 2 aliphatic heterocycles. The van der Waals surface area contributed by atoms with Gasteiger partial charge in [0.1, 0.15) is 22.4 Å². The van der Waals surface area contributed by atoms with Crippen LogP contribution in [0.25, 0.3) is 0 Å². The highest BCUT2D eigenvalue weighted by Gasteiger charge is 2.94. The lowest BCUT2D eigenvalue weighted by molar-refractivity contribution is -0.352. The highest BCUT2D eigenvalue weighted by Crippen LogP contribution is 2.84. The van der Waals surface area contributed by atoms with Crippen LogP contribution in [0, 0.1) is 34.5 Å². The maximum absolute atomic E-state index is 10.4. The van der Waals surface area contributed by atoms with Gasteiger partial charge in [0.05, 0.1) is 6.10 Å². The zero-order valence-corrected chi connectivity index (χ0v) is 20.8. The molecule has 10 atom stereocenters. The fourth-order valence-electron chi connectivity index (χ4n) is 9.13. The molecule has 4 nitrogen and oxygen atoms in total. The number of hydrogen-bond donors (Lipinski definition) is 1. The Kier molecular flexibility index (Phi) is 4.30. The van der Waals surface area contributed by atoms with Gasteiger partial charge in [0, 0.05) is 17.3 Å². The molecule has 0 amide bonds. The first-order chi connectivity index (χ1) is 15.0. The van der Waals surface area contributed by atoms with Crippen molar-refractivity contribution in [2.24, 2.45) is 34.5 Å². The van der Waals surface area contributed by atoms with E-state index >= 15 is 0 Å². The average molecular weight is 443 g/mol. The summed E-state index contributed by atoms with van der Waals surface area (Å²) >= 11 is 0. The van der Waals surface area contributed by atoms with Crippen molar-refractivity contribution in [2.75, 3.05) is 0 Å². The van der Waals surface area contributed by atoms with E-state index in [1.165, 1.54) is 6.42 Å². The maximum atomic E-state index is 10.4. The zero-order chi connectivity index (χ0) is 22.8. The summed E-state index contributed by atoms with van der Waals surface area (Å²) in [7, 11) is 0. The summed E-state index contributed by atoms with van der Waals surface area (Å²) in [5.41, 5.74) is -1.50. The van der Waals surface area contributed by atoms with E-state index in [0.29, 0.717) is 30.1 Å². The van der Waals surface area contributed by atoms with Crippen LogP contribution in [-0.2, 0) is 14.5 Å². The highest BCUT2D eigenvalue weighted by atomic mass is 17.2. The largest absolute Gasteiger partial charge is 0.393 e. The highest BCUT2D eigenvalue weighted by molar-refractivity contribution is 5.49. The Morgan fingerprint density at radius 2 is 1.69 bits per heavy atom. The van der Waals surface area contributed by atoms with E-state index in [0.717, 1.165) is 32.1 Å². The maximum Gasteiger partial charge on any atom is 0.149 e. The molecule has 3 spiro atoms. The van der Waals surface area contributed by atoms with Crippen LogP contribution in [0.3, 0.4) is 0 Å². The van der Waals surface area contributed by atoms with Gasteiger partial charge in [-0.05, 0) is 74.3 Å². The third-order valence-electron chi connectivity index (χ3n) is 11.7. The predicted molar refractivity (Wildman–Crippen MR) is 124 cm³/mol. The summed E-state index contributed by atoms with van der Waals surface area (Å²) in [6, 6.07) is 0.